The van der Waals surface area contributed by atoms with E-state index in [1.165, 1.54) is 4.90 Å². The Kier molecular flexibility index (Phi) is 5.61. The summed E-state index contributed by atoms with van der Waals surface area (Å²) in [5, 5.41) is 0. The van der Waals surface area contributed by atoms with Crippen molar-refractivity contribution in [3.63, 3.8) is 0 Å². The molecular formula is C21H26N3O+. The van der Waals surface area contributed by atoms with E-state index >= 15 is 0 Å². The van der Waals surface area contributed by atoms with Crippen molar-refractivity contribution in [3.8, 4) is 0 Å². The van der Waals surface area contributed by atoms with Crippen molar-refractivity contribution in [2.24, 2.45) is 4.99 Å². The van der Waals surface area contributed by atoms with E-state index in [9.17, 15) is 4.79 Å². The van der Waals surface area contributed by atoms with Crippen LogP contribution in [-0.4, -0.2) is 31.4 Å². The van der Waals surface area contributed by atoms with Crippen molar-refractivity contribution in [3.05, 3.63) is 60.2 Å². The molecule has 1 aliphatic heterocycles. The zero-order valence-corrected chi connectivity index (χ0v) is 15.0. The Hall–Kier alpha value is -2.46. The van der Waals surface area contributed by atoms with Crippen molar-refractivity contribution in [2.45, 2.75) is 26.7 Å². The number of carbonyl (C=O) groups is 1. The number of quaternary nitrogens is 1. The molecule has 25 heavy (non-hydrogen) atoms. The molecule has 2 aromatic rings. The molecular weight excluding hydrogens is 310 g/mol. The highest BCUT2D eigenvalue weighted by Gasteiger charge is 2.35. The number of hydrogen-bond donors (Lipinski definition) is 1. The highest BCUT2D eigenvalue weighted by atomic mass is 16.2. The first kappa shape index (κ1) is 17.4. The SMILES string of the molecule is CCC[NH+](CCC)CN1C(=O)C(=Nc2ccccc2)c2ccccc21. The average Bonchev–Trinajstić information content (AvgIpc) is 2.89. The van der Waals surface area contributed by atoms with E-state index in [2.05, 4.69) is 18.8 Å². The summed E-state index contributed by atoms with van der Waals surface area (Å²) in [6, 6.07) is 17.7. The normalized spacial score (nSPS) is 15.2. The van der Waals surface area contributed by atoms with Gasteiger partial charge in [0, 0.05) is 5.56 Å². The van der Waals surface area contributed by atoms with Gasteiger partial charge in [-0.2, -0.15) is 0 Å². The third-order valence-electron chi connectivity index (χ3n) is 4.48. The number of nitrogens with one attached hydrogen (secondary N) is 1. The standard InChI is InChI=1S/C21H25N3O/c1-3-14-23(15-4-2)16-24-19-13-9-8-12-18(19)20(21(24)25)22-17-10-6-5-7-11-17/h5-13H,3-4,14-16H2,1-2H3/p+1. The molecule has 0 atom stereocenters. The smallest absolute Gasteiger partial charge is 0.281 e. The van der Waals surface area contributed by atoms with Gasteiger partial charge in [0.15, 0.2) is 6.67 Å². The second kappa shape index (κ2) is 8.08. The largest absolute Gasteiger partial charge is 0.317 e. The van der Waals surface area contributed by atoms with E-state index in [0.29, 0.717) is 12.4 Å². The molecule has 1 heterocycles. The van der Waals surface area contributed by atoms with Crippen LogP contribution in [0.1, 0.15) is 32.3 Å². The Morgan fingerprint density at radius 2 is 1.56 bits per heavy atom. The Balaban J connectivity index is 1.94. The number of anilines is 1. The van der Waals surface area contributed by atoms with Crippen molar-refractivity contribution in [1.82, 2.24) is 0 Å². The van der Waals surface area contributed by atoms with Gasteiger partial charge in [0.1, 0.15) is 5.71 Å². The highest BCUT2D eigenvalue weighted by molar-refractivity contribution is 6.54. The first-order chi connectivity index (χ1) is 12.2. The van der Waals surface area contributed by atoms with Gasteiger partial charge in [-0.1, -0.05) is 50.2 Å². The summed E-state index contributed by atoms with van der Waals surface area (Å²) in [7, 11) is 0. The summed E-state index contributed by atoms with van der Waals surface area (Å²) in [4.78, 5) is 21.1. The van der Waals surface area contributed by atoms with E-state index in [0.717, 1.165) is 42.9 Å². The molecule has 0 spiro atoms. The monoisotopic (exact) mass is 336 g/mol. The number of nitrogens with zero attached hydrogens (tertiary/aromatic N) is 2. The molecule has 130 valence electrons. The molecule has 1 amide bonds. The highest BCUT2D eigenvalue weighted by Crippen LogP contribution is 2.29. The molecule has 0 unspecified atom stereocenters. The number of para-hydroxylation sites is 2. The maximum Gasteiger partial charge on any atom is 0.281 e. The second-order valence-corrected chi connectivity index (χ2v) is 6.45. The predicted molar refractivity (Wildman–Crippen MR) is 103 cm³/mol. The van der Waals surface area contributed by atoms with Gasteiger partial charge < -0.3 is 4.90 Å². The molecule has 3 rings (SSSR count). The minimum atomic E-state index is 0.00904. The van der Waals surface area contributed by atoms with Crippen LogP contribution < -0.4 is 9.80 Å². The van der Waals surface area contributed by atoms with Crippen molar-refractivity contribution >= 4 is 23.0 Å². The van der Waals surface area contributed by atoms with Gasteiger partial charge in [-0.3, -0.25) is 9.69 Å². The lowest BCUT2D eigenvalue weighted by molar-refractivity contribution is -0.898. The Morgan fingerprint density at radius 1 is 0.920 bits per heavy atom. The lowest BCUT2D eigenvalue weighted by atomic mass is 10.1. The first-order valence-corrected chi connectivity index (χ1v) is 9.13. The summed E-state index contributed by atoms with van der Waals surface area (Å²) in [5.41, 5.74) is 3.28. The zero-order chi connectivity index (χ0) is 17.6. The molecule has 0 saturated carbocycles. The number of hydrogen-bond acceptors (Lipinski definition) is 2. The van der Waals surface area contributed by atoms with Crippen molar-refractivity contribution < 1.29 is 9.69 Å². The van der Waals surface area contributed by atoms with Crippen LogP contribution in [0, 0.1) is 0 Å². The third kappa shape index (κ3) is 3.80. The molecule has 1 aliphatic rings. The Labute approximate surface area is 149 Å². The summed E-state index contributed by atoms with van der Waals surface area (Å²) < 4.78 is 0. The minimum absolute atomic E-state index is 0.00904. The van der Waals surface area contributed by atoms with Gasteiger partial charge in [0.2, 0.25) is 0 Å². The summed E-state index contributed by atoms with van der Waals surface area (Å²) in [5.74, 6) is 0.00904. The molecule has 0 saturated heterocycles. The van der Waals surface area contributed by atoms with Crippen LogP contribution in [0.15, 0.2) is 59.6 Å². The fraction of sp³-hybridized carbons (Fsp3) is 0.333. The lowest BCUT2D eigenvalue weighted by Gasteiger charge is -2.24. The molecule has 4 heteroatoms. The molecule has 1 N–H and O–H groups in total. The quantitative estimate of drug-likeness (QED) is 0.829. The molecule has 0 aromatic heterocycles. The average molecular weight is 336 g/mol. The summed E-state index contributed by atoms with van der Waals surface area (Å²) >= 11 is 0. The van der Waals surface area contributed by atoms with Crippen molar-refractivity contribution in [2.75, 3.05) is 24.7 Å². The minimum Gasteiger partial charge on any atom is -0.317 e. The zero-order valence-electron chi connectivity index (χ0n) is 15.0. The molecule has 2 aromatic carbocycles. The fourth-order valence-corrected chi connectivity index (χ4v) is 3.37. The number of aliphatic imine (C=N–C) groups is 1. The number of fused-ring (bicyclic) bond motifs is 1. The van der Waals surface area contributed by atoms with Gasteiger partial charge in [0.25, 0.3) is 5.91 Å². The van der Waals surface area contributed by atoms with E-state index in [4.69, 9.17) is 0 Å². The summed E-state index contributed by atoms with van der Waals surface area (Å²) in [6.07, 6.45) is 2.23. The molecule has 0 radical (unpaired) electrons. The van der Waals surface area contributed by atoms with Gasteiger partial charge in [-0.25, -0.2) is 4.99 Å². The second-order valence-electron chi connectivity index (χ2n) is 6.45. The van der Waals surface area contributed by atoms with Crippen LogP contribution in [0.4, 0.5) is 11.4 Å². The Morgan fingerprint density at radius 3 is 2.24 bits per heavy atom. The molecule has 4 nitrogen and oxygen atoms in total. The fourth-order valence-electron chi connectivity index (χ4n) is 3.37. The summed E-state index contributed by atoms with van der Waals surface area (Å²) in [6.45, 7) is 7.23. The van der Waals surface area contributed by atoms with Crippen LogP contribution in [0.5, 0.6) is 0 Å². The number of benzene rings is 2. The molecule has 0 bridgehead atoms. The van der Waals surface area contributed by atoms with E-state index in [-0.39, 0.29) is 5.91 Å². The number of carbonyl (C=O) groups excluding carboxylic acids is 1. The maximum absolute atomic E-state index is 13.1. The van der Waals surface area contributed by atoms with Crippen molar-refractivity contribution in [1.29, 1.82) is 0 Å². The van der Waals surface area contributed by atoms with E-state index in [1.54, 1.807) is 0 Å². The van der Waals surface area contributed by atoms with E-state index in [1.807, 2.05) is 59.5 Å². The van der Waals surface area contributed by atoms with Gasteiger partial charge >= 0.3 is 0 Å². The van der Waals surface area contributed by atoms with Gasteiger partial charge in [-0.15, -0.1) is 0 Å². The van der Waals surface area contributed by atoms with E-state index < -0.39 is 0 Å². The molecule has 0 aliphatic carbocycles. The van der Waals surface area contributed by atoms with Crippen LogP contribution in [0.2, 0.25) is 0 Å². The number of amides is 1. The number of rotatable bonds is 7. The van der Waals surface area contributed by atoms with Crippen LogP contribution >= 0.6 is 0 Å². The predicted octanol–water partition coefficient (Wildman–Crippen LogP) is 2.82. The lowest BCUT2D eigenvalue weighted by Crippen LogP contribution is -3.13. The first-order valence-electron chi connectivity index (χ1n) is 9.13. The van der Waals surface area contributed by atoms with Crippen LogP contribution in [0.3, 0.4) is 0 Å². The van der Waals surface area contributed by atoms with Crippen LogP contribution in [0.25, 0.3) is 0 Å². The maximum atomic E-state index is 13.1. The molecule has 0 fully saturated rings. The Bertz CT molecular complexity index is 749. The van der Waals surface area contributed by atoms with Gasteiger partial charge in [0.05, 0.1) is 24.5 Å². The van der Waals surface area contributed by atoms with Crippen LogP contribution in [-0.2, 0) is 4.79 Å². The third-order valence-corrected chi connectivity index (χ3v) is 4.48. The topological polar surface area (TPSA) is 37.1 Å². The van der Waals surface area contributed by atoms with Gasteiger partial charge in [-0.05, 0) is 31.0 Å².